The molecule has 0 saturated heterocycles. The number of nitrogens with zero attached hydrogens (tertiary/aromatic N) is 1. The van der Waals surface area contributed by atoms with Gasteiger partial charge in [0.1, 0.15) is 8.07 Å². The number of fused-ring (bicyclic) bond motifs is 8. The molecule has 1 aliphatic rings. The molecule has 0 N–H and O–H groups in total. The lowest BCUT2D eigenvalue weighted by atomic mass is 9.99. The quantitative estimate of drug-likeness (QED) is 0.163. The van der Waals surface area contributed by atoms with Gasteiger partial charge in [-0.25, -0.2) is 0 Å². The summed E-state index contributed by atoms with van der Waals surface area (Å²) in [4.78, 5) is 2.44. The van der Waals surface area contributed by atoms with E-state index in [1.54, 1.807) is 5.19 Å². The molecule has 0 amide bonds. The van der Waals surface area contributed by atoms with Crippen molar-refractivity contribution in [1.82, 2.24) is 0 Å². The van der Waals surface area contributed by atoms with Gasteiger partial charge >= 0.3 is 0 Å². The van der Waals surface area contributed by atoms with Gasteiger partial charge in [-0.05, 0) is 103 Å². The molecule has 242 valence electrons. The average molecular weight is 686 g/mol. The molecule has 1 aromatic heterocycles. The van der Waals surface area contributed by atoms with E-state index in [4.69, 9.17) is 0 Å². The van der Waals surface area contributed by atoms with Crippen LogP contribution in [0.25, 0.3) is 64.3 Å². The molecule has 9 aromatic rings. The Hall–Kier alpha value is -5.74. The maximum Gasteiger partial charge on any atom is 0.113 e. The van der Waals surface area contributed by atoms with Crippen LogP contribution in [-0.2, 0) is 0 Å². The molecule has 3 heteroatoms. The van der Waals surface area contributed by atoms with Gasteiger partial charge in [-0.15, -0.1) is 11.3 Å². The molecular formula is C48H35NSSi. The SMILES string of the molecule is C[Si]1(C)c2ccc(N(c3ccc(-c4ccccc4)cc3)c3cccc(-c4ccc5ccccc5c4)c3)cc2-c2c1ccc1c2sc2ccccc21. The van der Waals surface area contributed by atoms with Crippen LogP contribution in [0, 0.1) is 0 Å². The maximum atomic E-state index is 2.52. The number of benzene rings is 8. The van der Waals surface area contributed by atoms with Crippen molar-refractivity contribution in [3.63, 3.8) is 0 Å². The van der Waals surface area contributed by atoms with E-state index in [-0.39, 0.29) is 0 Å². The largest absolute Gasteiger partial charge is 0.310 e. The van der Waals surface area contributed by atoms with Gasteiger partial charge in [0.25, 0.3) is 0 Å². The smallest absolute Gasteiger partial charge is 0.113 e. The Labute approximate surface area is 303 Å². The highest BCUT2D eigenvalue weighted by Gasteiger charge is 2.39. The van der Waals surface area contributed by atoms with Crippen molar-refractivity contribution < 1.29 is 0 Å². The first-order valence-electron chi connectivity index (χ1n) is 17.7. The topological polar surface area (TPSA) is 3.24 Å². The Morgan fingerprint density at radius 2 is 1.08 bits per heavy atom. The molecule has 0 aliphatic carbocycles. The number of thiophene rings is 1. The Morgan fingerprint density at radius 1 is 0.431 bits per heavy atom. The van der Waals surface area contributed by atoms with Gasteiger partial charge in [0, 0.05) is 37.2 Å². The molecule has 0 saturated carbocycles. The molecule has 0 spiro atoms. The predicted octanol–water partition coefficient (Wildman–Crippen LogP) is 12.8. The van der Waals surface area contributed by atoms with Gasteiger partial charge in [-0.3, -0.25) is 0 Å². The van der Waals surface area contributed by atoms with E-state index >= 15 is 0 Å². The summed E-state index contributed by atoms with van der Waals surface area (Å²) < 4.78 is 2.78. The van der Waals surface area contributed by atoms with Crippen molar-refractivity contribution in [1.29, 1.82) is 0 Å². The number of anilines is 3. The summed E-state index contributed by atoms with van der Waals surface area (Å²) in [6.07, 6.45) is 0. The zero-order valence-electron chi connectivity index (χ0n) is 28.6. The van der Waals surface area contributed by atoms with Crippen molar-refractivity contribution in [2.45, 2.75) is 13.1 Å². The minimum atomic E-state index is -1.90. The zero-order chi connectivity index (χ0) is 34.1. The number of rotatable bonds is 5. The minimum Gasteiger partial charge on any atom is -0.310 e. The summed E-state index contributed by atoms with van der Waals surface area (Å²) >= 11 is 1.95. The molecule has 0 unspecified atom stereocenters. The molecule has 1 nitrogen and oxygen atoms in total. The van der Waals surface area contributed by atoms with Crippen LogP contribution in [0.1, 0.15) is 0 Å². The summed E-state index contributed by atoms with van der Waals surface area (Å²) in [6.45, 7) is 5.03. The van der Waals surface area contributed by atoms with Crippen LogP contribution in [0.15, 0.2) is 176 Å². The van der Waals surface area contributed by atoms with Crippen LogP contribution in [-0.4, -0.2) is 8.07 Å². The standard InChI is InChI=1S/C48H35NSSi/c1-51(2)45-27-25-40(31-43(45)47-46(51)28-26-42-41-17-8-9-18-44(41)50-48(42)47)49(38-23-21-34(22-24-38)32-11-4-3-5-12-32)39-16-10-15-36(30-39)37-20-19-33-13-6-7-14-35(33)29-37/h3-31H,1-2H3. The predicted molar refractivity (Wildman–Crippen MR) is 225 cm³/mol. The molecular weight excluding hydrogens is 651 g/mol. The monoisotopic (exact) mass is 685 g/mol. The van der Waals surface area contributed by atoms with E-state index in [0.29, 0.717) is 0 Å². The normalized spacial score (nSPS) is 13.1. The van der Waals surface area contributed by atoms with Crippen LogP contribution in [0.2, 0.25) is 13.1 Å². The van der Waals surface area contributed by atoms with Gasteiger partial charge in [0.15, 0.2) is 0 Å². The summed E-state index contributed by atoms with van der Waals surface area (Å²) in [5.41, 5.74) is 11.2. The highest BCUT2D eigenvalue weighted by molar-refractivity contribution is 7.26. The summed E-state index contributed by atoms with van der Waals surface area (Å²) in [7, 11) is -1.90. The van der Waals surface area contributed by atoms with Crippen molar-refractivity contribution >= 4 is 77.8 Å². The Kier molecular flexibility index (Phi) is 6.89. The highest BCUT2D eigenvalue weighted by Crippen LogP contribution is 2.45. The zero-order valence-corrected chi connectivity index (χ0v) is 30.4. The first-order valence-corrected chi connectivity index (χ1v) is 21.5. The summed E-state index contributed by atoms with van der Waals surface area (Å²) in [5, 5.41) is 8.31. The molecule has 2 heterocycles. The van der Waals surface area contributed by atoms with Crippen molar-refractivity contribution in [2.75, 3.05) is 4.90 Å². The van der Waals surface area contributed by atoms with Crippen LogP contribution in [0.3, 0.4) is 0 Å². The molecule has 51 heavy (non-hydrogen) atoms. The fourth-order valence-electron chi connectivity index (χ4n) is 8.22. The molecule has 10 rings (SSSR count). The maximum absolute atomic E-state index is 2.52. The fourth-order valence-corrected chi connectivity index (χ4v) is 12.6. The van der Waals surface area contributed by atoms with E-state index in [1.165, 1.54) is 75.2 Å². The third-order valence-electron chi connectivity index (χ3n) is 10.8. The number of hydrogen-bond donors (Lipinski definition) is 0. The average Bonchev–Trinajstić information content (AvgIpc) is 3.67. The van der Waals surface area contributed by atoms with Crippen molar-refractivity contribution in [2.24, 2.45) is 0 Å². The molecule has 0 atom stereocenters. The molecule has 0 bridgehead atoms. The van der Waals surface area contributed by atoms with Crippen molar-refractivity contribution in [3.8, 4) is 33.4 Å². The Balaban J connectivity index is 1.16. The van der Waals surface area contributed by atoms with Gasteiger partial charge in [-0.2, -0.15) is 0 Å². The molecule has 0 fully saturated rings. The fraction of sp³-hybridized carbons (Fsp3) is 0.0417. The van der Waals surface area contributed by atoms with Gasteiger partial charge in [-0.1, -0.05) is 140 Å². The first-order chi connectivity index (χ1) is 25.0. The van der Waals surface area contributed by atoms with E-state index in [1.807, 2.05) is 11.3 Å². The Bertz CT molecular complexity index is 2780. The van der Waals surface area contributed by atoms with Crippen LogP contribution in [0.4, 0.5) is 17.1 Å². The van der Waals surface area contributed by atoms with Crippen molar-refractivity contribution in [3.05, 3.63) is 176 Å². The third kappa shape index (κ3) is 4.88. The Morgan fingerprint density at radius 3 is 1.94 bits per heavy atom. The van der Waals surface area contributed by atoms with Gasteiger partial charge < -0.3 is 4.90 Å². The van der Waals surface area contributed by atoms with E-state index in [9.17, 15) is 0 Å². The van der Waals surface area contributed by atoms with E-state index in [0.717, 1.165) is 11.4 Å². The minimum absolute atomic E-state index is 1.14. The number of hydrogen-bond acceptors (Lipinski definition) is 2. The lowest BCUT2D eigenvalue weighted by Gasteiger charge is -2.27. The second-order valence-electron chi connectivity index (χ2n) is 14.2. The summed E-state index contributed by atoms with van der Waals surface area (Å²) in [6, 6.07) is 65.1. The van der Waals surface area contributed by atoms with Crippen LogP contribution in [0.5, 0.6) is 0 Å². The lowest BCUT2D eigenvalue weighted by molar-refractivity contribution is 1.29. The third-order valence-corrected chi connectivity index (χ3v) is 15.6. The first kappa shape index (κ1) is 30.1. The molecule has 8 aromatic carbocycles. The second-order valence-corrected chi connectivity index (χ2v) is 19.6. The van der Waals surface area contributed by atoms with Crippen LogP contribution < -0.4 is 15.3 Å². The second kappa shape index (κ2) is 11.7. The summed E-state index contributed by atoms with van der Waals surface area (Å²) in [5.74, 6) is 0. The van der Waals surface area contributed by atoms with Gasteiger partial charge in [0.2, 0.25) is 0 Å². The van der Waals surface area contributed by atoms with E-state index < -0.39 is 8.07 Å². The lowest BCUT2D eigenvalue weighted by Crippen LogP contribution is -2.49. The molecule has 1 aliphatic heterocycles. The van der Waals surface area contributed by atoms with Gasteiger partial charge in [0.05, 0.1) is 0 Å². The molecule has 0 radical (unpaired) electrons. The van der Waals surface area contributed by atoms with Crippen LogP contribution >= 0.6 is 11.3 Å². The van der Waals surface area contributed by atoms with E-state index in [2.05, 4.69) is 194 Å². The highest BCUT2D eigenvalue weighted by atomic mass is 32.1.